The highest BCUT2D eigenvalue weighted by molar-refractivity contribution is 5.81. The third-order valence-electron chi connectivity index (χ3n) is 3.87. The molecule has 0 N–H and O–H groups in total. The summed E-state index contributed by atoms with van der Waals surface area (Å²) < 4.78 is 10.4. The molecule has 3 rings (SSSR count). The highest BCUT2D eigenvalue weighted by Gasteiger charge is 2.50. The number of benzene rings is 1. The fourth-order valence-corrected chi connectivity index (χ4v) is 2.83. The van der Waals surface area contributed by atoms with Crippen LogP contribution in [0.1, 0.15) is 24.0 Å². The molecule has 1 saturated carbocycles. The van der Waals surface area contributed by atoms with Gasteiger partial charge in [0.2, 0.25) is 0 Å². The molecular formula is C15H15NO2. The molecule has 92 valence electrons. The van der Waals surface area contributed by atoms with E-state index < -0.39 is 0 Å². The summed E-state index contributed by atoms with van der Waals surface area (Å²) in [5.74, 6) is 0.838. The minimum Gasteiger partial charge on any atom is -0.468 e. The van der Waals surface area contributed by atoms with Crippen molar-refractivity contribution in [2.24, 2.45) is 5.41 Å². The zero-order valence-corrected chi connectivity index (χ0v) is 10.4. The summed E-state index contributed by atoms with van der Waals surface area (Å²) in [6, 6.07) is 8.27. The first-order chi connectivity index (χ1) is 8.79. The zero-order chi connectivity index (χ0) is 12.6. The molecule has 1 aromatic rings. The first-order valence-electron chi connectivity index (χ1n) is 6.14. The molecular weight excluding hydrogens is 226 g/mol. The molecule has 1 aromatic carbocycles. The molecule has 1 spiro atoms. The van der Waals surface area contributed by atoms with Gasteiger partial charge in [0.15, 0.2) is 6.79 Å². The summed E-state index contributed by atoms with van der Waals surface area (Å²) in [5, 5.41) is 8.92. The number of allylic oxidation sites excluding steroid dienone is 2. The Labute approximate surface area is 107 Å². The Bertz CT molecular complexity index is 550. The van der Waals surface area contributed by atoms with E-state index in [-0.39, 0.29) is 12.2 Å². The molecule has 3 heteroatoms. The van der Waals surface area contributed by atoms with Gasteiger partial charge in [-0.2, -0.15) is 5.26 Å². The highest BCUT2D eigenvalue weighted by Crippen LogP contribution is 2.62. The Kier molecular flexibility index (Phi) is 2.61. The van der Waals surface area contributed by atoms with Crippen LogP contribution in [0.3, 0.4) is 0 Å². The second-order valence-electron chi connectivity index (χ2n) is 5.01. The molecule has 1 fully saturated rings. The van der Waals surface area contributed by atoms with Crippen LogP contribution < -0.4 is 4.74 Å². The fraction of sp³-hybridized carbons (Fsp3) is 0.400. The summed E-state index contributed by atoms with van der Waals surface area (Å²) in [6.07, 6.45) is 5.15. The van der Waals surface area contributed by atoms with Crippen LogP contribution in [0.25, 0.3) is 5.57 Å². The summed E-state index contributed by atoms with van der Waals surface area (Å²) in [5.41, 5.74) is 4.00. The molecule has 0 radical (unpaired) electrons. The van der Waals surface area contributed by atoms with Crippen LogP contribution in [0.2, 0.25) is 0 Å². The van der Waals surface area contributed by atoms with Crippen LogP contribution >= 0.6 is 0 Å². The molecule has 0 bridgehead atoms. The van der Waals surface area contributed by atoms with Crippen LogP contribution in [0, 0.1) is 16.7 Å². The molecule has 2 aliphatic carbocycles. The quantitative estimate of drug-likeness (QED) is 0.603. The average molecular weight is 241 g/mol. The van der Waals surface area contributed by atoms with Gasteiger partial charge in [0.25, 0.3) is 0 Å². The maximum Gasteiger partial charge on any atom is 0.188 e. The molecule has 3 nitrogen and oxygen atoms in total. The molecule has 2 aliphatic rings. The van der Waals surface area contributed by atoms with E-state index in [1.54, 1.807) is 13.2 Å². The van der Waals surface area contributed by atoms with Gasteiger partial charge in [0.05, 0.1) is 6.07 Å². The van der Waals surface area contributed by atoms with Crippen LogP contribution in [-0.2, 0) is 11.2 Å². The molecule has 0 aliphatic heterocycles. The molecule has 0 saturated heterocycles. The number of rotatable bonds is 3. The van der Waals surface area contributed by atoms with Crippen molar-refractivity contribution in [1.29, 1.82) is 5.26 Å². The van der Waals surface area contributed by atoms with E-state index in [9.17, 15) is 0 Å². The first-order valence-corrected chi connectivity index (χ1v) is 6.14. The van der Waals surface area contributed by atoms with E-state index in [1.807, 2.05) is 6.07 Å². The molecule has 0 heterocycles. The molecule has 0 amide bonds. The predicted molar refractivity (Wildman–Crippen MR) is 67.9 cm³/mol. The summed E-state index contributed by atoms with van der Waals surface area (Å²) >= 11 is 0. The number of hydrogen-bond acceptors (Lipinski definition) is 3. The van der Waals surface area contributed by atoms with Gasteiger partial charge in [-0.25, -0.2) is 0 Å². The summed E-state index contributed by atoms with van der Waals surface area (Å²) in [7, 11) is 1.61. The van der Waals surface area contributed by atoms with E-state index in [0.717, 1.165) is 12.2 Å². The second-order valence-corrected chi connectivity index (χ2v) is 5.01. The summed E-state index contributed by atoms with van der Waals surface area (Å²) in [4.78, 5) is 0. The third-order valence-corrected chi connectivity index (χ3v) is 3.87. The van der Waals surface area contributed by atoms with Crippen LogP contribution in [0.5, 0.6) is 5.75 Å². The van der Waals surface area contributed by atoms with Crippen molar-refractivity contribution in [3.05, 3.63) is 35.4 Å². The average Bonchev–Trinajstić information content (AvgIpc) is 3.08. The minimum absolute atomic E-state index is 0.262. The lowest BCUT2D eigenvalue weighted by Gasteiger charge is -2.07. The van der Waals surface area contributed by atoms with E-state index in [2.05, 4.69) is 18.2 Å². The van der Waals surface area contributed by atoms with Crippen molar-refractivity contribution in [2.75, 3.05) is 13.9 Å². The zero-order valence-electron chi connectivity index (χ0n) is 10.4. The first kappa shape index (κ1) is 11.3. The van der Waals surface area contributed by atoms with E-state index in [0.29, 0.717) is 0 Å². The Morgan fingerprint density at radius 2 is 2.28 bits per heavy atom. The minimum atomic E-state index is 0.262. The molecule has 18 heavy (non-hydrogen) atoms. The van der Waals surface area contributed by atoms with Gasteiger partial charge >= 0.3 is 0 Å². The number of methoxy groups -OCH3 is 1. The topological polar surface area (TPSA) is 42.2 Å². The van der Waals surface area contributed by atoms with Crippen molar-refractivity contribution >= 4 is 5.57 Å². The number of ether oxygens (including phenoxy) is 2. The van der Waals surface area contributed by atoms with Crippen molar-refractivity contribution in [1.82, 2.24) is 0 Å². The number of nitrogens with zero attached hydrogens (tertiary/aromatic N) is 1. The molecule has 0 aromatic heterocycles. The molecule has 0 atom stereocenters. The fourth-order valence-electron chi connectivity index (χ4n) is 2.83. The normalized spacial score (nSPS) is 20.8. The van der Waals surface area contributed by atoms with Gasteiger partial charge in [-0.3, -0.25) is 0 Å². The Morgan fingerprint density at radius 3 is 2.94 bits per heavy atom. The highest BCUT2D eigenvalue weighted by atomic mass is 16.7. The monoisotopic (exact) mass is 241 g/mol. The van der Waals surface area contributed by atoms with Crippen LogP contribution in [0.4, 0.5) is 0 Å². The third kappa shape index (κ3) is 1.70. The van der Waals surface area contributed by atoms with Gasteiger partial charge in [0.1, 0.15) is 5.75 Å². The Hall–Kier alpha value is -1.79. The largest absolute Gasteiger partial charge is 0.468 e. The standard InChI is InChI=1S/C15H15NO2/c1-17-10-18-12-2-3-13-11(8-12)9-15(5-6-15)14(13)4-7-16/h2-4,8H,5-6,9-10H2,1H3. The van der Waals surface area contributed by atoms with Gasteiger partial charge in [-0.1, -0.05) is 6.07 Å². The van der Waals surface area contributed by atoms with Crippen molar-refractivity contribution in [3.8, 4) is 11.8 Å². The van der Waals surface area contributed by atoms with Crippen molar-refractivity contribution in [3.63, 3.8) is 0 Å². The van der Waals surface area contributed by atoms with Gasteiger partial charge in [-0.15, -0.1) is 0 Å². The van der Waals surface area contributed by atoms with E-state index in [4.69, 9.17) is 14.7 Å². The number of nitriles is 1. The van der Waals surface area contributed by atoms with Gasteiger partial charge in [0, 0.05) is 18.6 Å². The second kappa shape index (κ2) is 4.15. The lowest BCUT2D eigenvalue weighted by Crippen LogP contribution is -1.99. The molecule has 0 unspecified atom stereocenters. The maximum atomic E-state index is 8.92. The van der Waals surface area contributed by atoms with Gasteiger partial charge < -0.3 is 9.47 Å². The van der Waals surface area contributed by atoms with Crippen molar-refractivity contribution < 1.29 is 9.47 Å². The van der Waals surface area contributed by atoms with Crippen LogP contribution in [-0.4, -0.2) is 13.9 Å². The van der Waals surface area contributed by atoms with Gasteiger partial charge in [-0.05, 0) is 48.1 Å². The number of hydrogen-bond donors (Lipinski definition) is 0. The Balaban J connectivity index is 1.94. The van der Waals surface area contributed by atoms with E-state index in [1.165, 1.54) is 29.5 Å². The number of fused-ring (bicyclic) bond motifs is 1. The lowest BCUT2D eigenvalue weighted by atomic mass is 9.97. The maximum absolute atomic E-state index is 8.92. The van der Waals surface area contributed by atoms with Crippen molar-refractivity contribution in [2.45, 2.75) is 19.3 Å². The Morgan fingerprint density at radius 1 is 1.44 bits per heavy atom. The summed E-state index contributed by atoms with van der Waals surface area (Å²) in [6.45, 7) is 0.269. The lowest BCUT2D eigenvalue weighted by molar-refractivity contribution is 0.0511. The SMILES string of the molecule is COCOc1ccc2c(c1)CC1(CC1)C2=CC#N. The smallest absolute Gasteiger partial charge is 0.188 e. The van der Waals surface area contributed by atoms with E-state index >= 15 is 0 Å². The van der Waals surface area contributed by atoms with Crippen LogP contribution in [0.15, 0.2) is 24.3 Å². The predicted octanol–water partition coefficient (Wildman–Crippen LogP) is 2.91.